The lowest BCUT2D eigenvalue weighted by molar-refractivity contribution is -0.141. The highest BCUT2D eigenvalue weighted by Gasteiger charge is 2.24. The minimum absolute atomic E-state index is 0.161. The molecule has 1 saturated carbocycles. The molecule has 2 fully saturated rings. The van der Waals surface area contributed by atoms with E-state index in [1.807, 2.05) is 4.90 Å². The largest absolute Gasteiger partial charge is 0.469 e. The molecule has 5 nitrogen and oxygen atoms in total. The van der Waals surface area contributed by atoms with Crippen LogP contribution in [0, 0.1) is 5.92 Å². The van der Waals surface area contributed by atoms with E-state index < -0.39 is 0 Å². The number of carbonyl (C=O) groups is 2. The van der Waals surface area contributed by atoms with Gasteiger partial charge < -0.3 is 9.64 Å². The van der Waals surface area contributed by atoms with Crippen LogP contribution in [0.15, 0.2) is 0 Å². The zero-order valence-electron chi connectivity index (χ0n) is 13.2. The van der Waals surface area contributed by atoms with Crippen molar-refractivity contribution in [2.75, 3.05) is 39.8 Å². The molecule has 0 spiro atoms. The van der Waals surface area contributed by atoms with E-state index in [-0.39, 0.29) is 5.97 Å². The van der Waals surface area contributed by atoms with Gasteiger partial charge in [0.1, 0.15) is 0 Å². The van der Waals surface area contributed by atoms with E-state index >= 15 is 0 Å². The number of nitrogens with zero attached hydrogens (tertiary/aromatic N) is 2. The van der Waals surface area contributed by atoms with Crippen molar-refractivity contribution in [2.45, 2.75) is 44.9 Å². The molecule has 1 amide bonds. The van der Waals surface area contributed by atoms with Gasteiger partial charge in [0.2, 0.25) is 5.91 Å². The minimum atomic E-state index is -0.161. The van der Waals surface area contributed by atoms with Gasteiger partial charge in [0.05, 0.1) is 13.5 Å². The molecule has 0 bridgehead atoms. The number of rotatable bonds is 5. The third-order valence-corrected chi connectivity index (χ3v) is 4.77. The highest BCUT2D eigenvalue weighted by Crippen LogP contribution is 2.27. The molecule has 21 heavy (non-hydrogen) atoms. The molecule has 1 saturated heterocycles. The van der Waals surface area contributed by atoms with Crippen molar-refractivity contribution < 1.29 is 14.3 Å². The molecule has 0 unspecified atom stereocenters. The summed E-state index contributed by atoms with van der Waals surface area (Å²) in [6.45, 7) is 4.07. The summed E-state index contributed by atoms with van der Waals surface area (Å²) < 4.78 is 4.66. The van der Waals surface area contributed by atoms with Crippen LogP contribution in [-0.4, -0.2) is 61.5 Å². The van der Waals surface area contributed by atoms with Crippen LogP contribution in [0.2, 0.25) is 0 Å². The summed E-state index contributed by atoms with van der Waals surface area (Å²) in [5.74, 6) is 0.781. The van der Waals surface area contributed by atoms with Crippen molar-refractivity contribution >= 4 is 11.9 Å². The Bertz CT molecular complexity index is 345. The fraction of sp³-hybridized carbons (Fsp3) is 0.875. The van der Waals surface area contributed by atoms with Crippen LogP contribution in [0.4, 0.5) is 0 Å². The quantitative estimate of drug-likeness (QED) is 0.724. The standard InChI is InChI=1S/C16H28N2O3/c1-21-16(20)7-8-17-9-11-18(12-10-17)15(19)13-14-5-3-2-4-6-14/h14H,2-13H2,1H3. The van der Waals surface area contributed by atoms with Crippen molar-refractivity contribution in [2.24, 2.45) is 5.92 Å². The molecule has 0 N–H and O–H groups in total. The molecule has 0 atom stereocenters. The van der Waals surface area contributed by atoms with Gasteiger partial charge in [0.25, 0.3) is 0 Å². The zero-order valence-corrected chi connectivity index (χ0v) is 13.2. The number of hydrogen-bond donors (Lipinski definition) is 0. The van der Waals surface area contributed by atoms with Gasteiger partial charge in [-0.15, -0.1) is 0 Å². The third kappa shape index (κ3) is 5.30. The summed E-state index contributed by atoms with van der Waals surface area (Å²) in [6.07, 6.45) is 7.55. The van der Waals surface area contributed by atoms with E-state index in [1.165, 1.54) is 39.2 Å². The monoisotopic (exact) mass is 296 g/mol. The predicted octanol–water partition coefficient (Wildman–Crippen LogP) is 1.66. The number of hydrogen-bond acceptors (Lipinski definition) is 4. The lowest BCUT2D eigenvalue weighted by atomic mass is 9.86. The van der Waals surface area contributed by atoms with Gasteiger partial charge in [0.15, 0.2) is 0 Å². The Kier molecular flexibility index (Phi) is 6.49. The van der Waals surface area contributed by atoms with Gasteiger partial charge in [-0.3, -0.25) is 14.5 Å². The molecular formula is C16H28N2O3. The van der Waals surface area contributed by atoms with Crippen LogP contribution in [-0.2, 0) is 14.3 Å². The first-order valence-corrected chi connectivity index (χ1v) is 8.26. The van der Waals surface area contributed by atoms with Gasteiger partial charge in [-0.25, -0.2) is 0 Å². The van der Waals surface area contributed by atoms with Crippen LogP contribution in [0.3, 0.4) is 0 Å². The van der Waals surface area contributed by atoms with Crippen LogP contribution in [0.25, 0.3) is 0 Å². The van der Waals surface area contributed by atoms with Crippen LogP contribution >= 0.6 is 0 Å². The van der Waals surface area contributed by atoms with E-state index in [0.29, 0.717) is 18.2 Å². The minimum Gasteiger partial charge on any atom is -0.469 e. The summed E-state index contributed by atoms with van der Waals surface area (Å²) in [5, 5.41) is 0. The predicted molar refractivity (Wildman–Crippen MR) is 80.8 cm³/mol. The Morgan fingerprint density at radius 2 is 1.71 bits per heavy atom. The molecule has 1 heterocycles. The zero-order chi connectivity index (χ0) is 15.1. The summed E-state index contributed by atoms with van der Waals surface area (Å²) in [5.41, 5.74) is 0. The highest BCUT2D eigenvalue weighted by molar-refractivity contribution is 5.76. The van der Waals surface area contributed by atoms with Gasteiger partial charge in [-0.2, -0.15) is 0 Å². The maximum atomic E-state index is 12.3. The molecule has 0 aromatic rings. The molecule has 0 aromatic heterocycles. The maximum absolute atomic E-state index is 12.3. The van der Waals surface area contributed by atoms with E-state index in [0.717, 1.165) is 39.1 Å². The second-order valence-electron chi connectivity index (χ2n) is 6.26. The highest BCUT2D eigenvalue weighted by atomic mass is 16.5. The van der Waals surface area contributed by atoms with E-state index in [1.54, 1.807) is 0 Å². The normalized spacial score (nSPS) is 21.3. The van der Waals surface area contributed by atoms with Crippen molar-refractivity contribution in [1.82, 2.24) is 9.80 Å². The van der Waals surface area contributed by atoms with Crippen LogP contribution in [0.5, 0.6) is 0 Å². The lowest BCUT2D eigenvalue weighted by Gasteiger charge is -2.35. The molecule has 0 radical (unpaired) electrons. The molecule has 120 valence electrons. The van der Waals surface area contributed by atoms with Crippen molar-refractivity contribution in [3.8, 4) is 0 Å². The maximum Gasteiger partial charge on any atom is 0.306 e. The van der Waals surface area contributed by atoms with Crippen molar-refractivity contribution in [1.29, 1.82) is 0 Å². The van der Waals surface area contributed by atoms with Crippen LogP contribution in [0.1, 0.15) is 44.9 Å². The number of amides is 1. The van der Waals surface area contributed by atoms with Gasteiger partial charge in [-0.1, -0.05) is 19.3 Å². The summed E-state index contributed by atoms with van der Waals surface area (Å²) in [6, 6.07) is 0. The fourth-order valence-corrected chi connectivity index (χ4v) is 3.34. The summed E-state index contributed by atoms with van der Waals surface area (Å²) >= 11 is 0. The van der Waals surface area contributed by atoms with Crippen molar-refractivity contribution in [3.63, 3.8) is 0 Å². The Hall–Kier alpha value is -1.10. The second kappa shape index (κ2) is 8.37. The fourth-order valence-electron chi connectivity index (χ4n) is 3.34. The summed E-state index contributed by atoms with van der Waals surface area (Å²) in [4.78, 5) is 27.7. The molecular weight excluding hydrogens is 268 g/mol. The summed E-state index contributed by atoms with van der Waals surface area (Å²) in [7, 11) is 1.42. The number of piperazine rings is 1. The van der Waals surface area contributed by atoms with Crippen molar-refractivity contribution in [3.05, 3.63) is 0 Å². The second-order valence-corrected chi connectivity index (χ2v) is 6.26. The van der Waals surface area contributed by atoms with E-state index in [4.69, 9.17) is 0 Å². The smallest absolute Gasteiger partial charge is 0.306 e. The van der Waals surface area contributed by atoms with Gasteiger partial charge >= 0.3 is 5.97 Å². The number of carbonyl (C=O) groups excluding carboxylic acids is 2. The Labute approximate surface area is 127 Å². The molecule has 5 heteroatoms. The van der Waals surface area contributed by atoms with E-state index in [9.17, 15) is 9.59 Å². The molecule has 2 aliphatic rings. The van der Waals surface area contributed by atoms with Gasteiger partial charge in [-0.05, 0) is 18.8 Å². The first kappa shape index (κ1) is 16.3. The lowest BCUT2D eigenvalue weighted by Crippen LogP contribution is -2.49. The molecule has 1 aliphatic carbocycles. The number of ether oxygens (including phenoxy) is 1. The van der Waals surface area contributed by atoms with Crippen LogP contribution < -0.4 is 0 Å². The Morgan fingerprint density at radius 1 is 1.05 bits per heavy atom. The topological polar surface area (TPSA) is 49.9 Å². The first-order valence-electron chi connectivity index (χ1n) is 8.26. The number of methoxy groups -OCH3 is 1. The SMILES string of the molecule is COC(=O)CCN1CCN(C(=O)CC2CCCCC2)CC1. The van der Waals surface area contributed by atoms with E-state index in [2.05, 4.69) is 9.64 Å². The average Bonchev–Trinajstić information content (AvgIpc) is 2.54. The number of esters is 1. The first-order chi connectivity index (χ1) is 10.2. The average molecular weight is 296 g/mol. The molecule has 1 aliphatic heterocycles. The van der Waals surface area contributed by atoms with Gasteiger partial charge in [0, 0.05) is 39.1 Å². The molecule has 0 aromatic carbocycles. The Morgan fingerprint density at radius 3 is 2.33 bits per heavy atom. The Balaban J connectivity index is 1.65. The third-order valence-electron chi connectivity index (χ3n) is 4.77. The molecule has 2 rings (SSSR count).